The van der Waals surface area contributed by atoms with Crippen LogP contribution in [0, 0.1) is 6.92 Å². The zero-order valence-corrected chi connectivity index (χ0v) is 13.8. The summed E-state index contributed by atoms with van der Waals surface area (Å²) in [5.74, 6) is -0.114. The number of aromatic nitrogens is 2. The fourth-order valence-corrected chi connectivity index (χ4v) is 2.49. The van der Waals surface area contributed by atoms with Crippen molar-refractivity contribution in [2.45, 2.75) is 32.0 Å². The molecule has 0 spiro atoms. The number of pyridine rings is 1. The summed E-state index contributed by atoms with van der Waals surface area (Å²) in [5.41, 5.74) is 8.09. The number of nitrogens with zero attached hydrogens (tertiary/aromatic N) is 2. The highest BCUT2D eigenvalue weighted by Gasteiger charge is 2.29. The maximum absolute atomic E-state index is 12.1. The number of rotatable bonds is 3. The van der Waals surface area contributed by atoms with Crippen LogP contribution in [0.25, 0.3) is 5.65 Å². The van der Waals surface area contributed by atoms with Gasteiger partial charge in [0.05, 0.1) is 17.5 Å². The van der Waals surface area contributed by atoms with Crippen LogP contribution in [0.3, 0.4) is 0 Å². The first-order valence-electron chi connectivity index (χ1n) is 6.77. The molecule has 0 aliphatic carbocycles. The van der Waals surface area contributed by atoms with Gasteiger partial charge in [-0.3, -0.25) is 4.79 Å². The van der Waals surface area contributed by atoms with Gasteiger partial charge in [-0.25, -0.2) is 4.98 Å². The van der Waals surface area contributed by atoms with Crippen LogP contribution in [0.4, 0.5) is 5.69 Å². The number of nitrogens with one attached hydrogen (secondary N) is 1. The Morgan fingerprint density at radius 1 is 1.41 bits per heavy atom. The van der Waals surface area contributed by atoms with Gasteiger partial charge in [0.15, 0.2) is 0 Å². The van der Waals surface area contributed by atoms with Gasteiger partial charge in [-0.2, -0.15) is 0 Å². The lowest BCUT2D eigenvalue weighted by Crippen LogP contribution is -2.29. The second-order valence-corrected chi connectivity index (χ2v) is 5.11. The van der Waals surface area contributed by atoms with Gasteiger partial charge in [0.2, 0.25) is 0 Å². The number of amides is 1. The Bertz CT molecular complexity index is 647. The van der Waals surface area contributed by atoms with Gasteiger partial charge >= 0.3 is 0 Å². The first kappa shape index (κ1) is 18.7. The van der Waals surface area contributed by atoms with Crippen LogP contribution in [0.2, 0.25) is 0 Å². The number of carbonyl (C=O) groups is 1. The molecule has 1 amide bonds. The first-order valence-corrected chi connectivity index (χ1v) is 6.77. The van der Waals surface area contributed by atoms with Crippen molar-refractivity contribution in [1.82, 2.24) is 9.38 Å². The molecule has 22 heavy (non-hydrogen) atoms. The fraction of sp³-hybridized carbons (Fsp3) is 0.429. The maximum Gasteiger partial charge on any atom is 0.253 e. The number of carbonyl (C=O) groups excluding carboxylic acids is 1. The molecule has 0 aromatic carbocycles. The molecule has 1 aliphatic heterocycles. The molecule has 0 unspecified atom stereocenters. The Morgan fingerprint density at radius 2 is 2.18 bits per heavy atom. The van der Waals surface area contributed by atoms with Gasteiger partial charge < -0.3 is 20.2 Å². The van der Waals surface area contributed by atoms with Crippen LogP contribution < -0.4 is 11.1 Å². The molecule has 1 fully saturated rings. The molecular weight excluding hydrogens is 327 g/mol. The van der Waals surface area contributed by atoms with Crippen molar-refractivity contribution in [2.24, 2.45) is 5.73 Å². The summed E-state index contributed by atoms with van der Waals surface area (Å²) < 4.78 is 7.47. The Morgan fingerprint density at radius 3 is 2.86 bits per heavy atom. The zero-order valence-electron chi connectivity index (χ0n) is 12.2. The van der Waals surface area contributed by atoms with Crippen LogP contribution in [0.1, 0.15) is 18.5 Å². The summed E-state index contributed by atoms with van der Waals surface area (Å²) >= 11 is 0. The minimum atomic E-state index is -0.399. The van der Waals surface area contributed by atoms with E-state index < -0.39 is 6.10 Å². The highest BCUT2D eigenvalue weighted by atomic mass is 35.5. The number of imidazole rings is 1. The molecule has 0 radical (unpaired) electrons. The van der Waals surface area contributed by atoms with Crippen molar-refractivity contribution in [1.29, 1.82) is 0 Å². The van der Waals surface area contributed by atoms with Gasteiger partial charge in [-0.05, 0) is 31.9 Å². The van der Waals surface area contributed by atoms with Crippen molar-refractivity contribution < 1.29 is 9.53 Å². The SMILES string of the molecule is Cc1cn2cc(NC(=O)[C@@H]3CC[C@H](CN)O3)ccc2n1.Cl.Cl. The molecule has 3 N–H and O–H groups in total. The minimum absolute atomic E-state index is 0. The minimum Gasteiger partial charge on any atom is -0.364 e. The predicted octanol–water partition coefficient (Wildman–Crippen LogP) is 1.93. The molecule has 2 atom stereocenters. The summed E-state index contributed by atoms with van der Waals surface area (Å²) in [6.07, 6.45) is 4.94. The highest BCUT2D eigenvalue weighted by Crippen LogP contribution is 2.20. The Balaban J connectivity index is 0.00000121. The van der Waals surface area contributed by atoms with Gasteiger partial charge in [-0.1, -0.05) is 0 Å². The first-order chi connectivity index (χ1) is 9.65. The van der Waals surface area contributed by atoms with E-state index >= 15 is 0 Å². The zero-order chi connectivity index (χ0) is 14.1. The van der Waals surface area contributed by atoms with Crippen LogP contribution in [0.5, 0.6) is 0 Å². The van der Waals surface area contributed by atoms with Crippen LogP contribution in [-0.4, -0.2) is 34.0 Å². The molecule has 2 aromatic heterocycles. The molecule has 122 valence electrons. The lowest BCUT2D eigenvalue weighted by Gasteiger charge is -2.12. The summed E-state index contributed by atoms with van der Waals surface area (Å²) in [6, 6.07) is 3.72. The molecule has 6 nitrogen and oxygen atoms in total. The van der Waals surface area contributed by atoms with E-state index in [1.54, 1.807) is 0 Å². The third-order valence-electron chi connectivity index (χ3n) is 3.50. The van der Waals surface area contributed by atoms with Crippen LogP contribution >= 0.6 is 24.8 Å². The fourth-order valence-electron chi connectivity index (χ4n) is 2.49. The predicted molar refractivity (Wildman–Crippen MR) is 90.0 cm³/mol. The Hall–Kier alpha value is -1.34. The number of ether oxygens (including phenoxy) is 1. The van der Waals surface area contributed by atoms with E-state index in [0.717, 1.165) is 29.9 Å². The van der Waals surface area contributed by atoms with E-state index in [0.29, 0.717) is 6.54 Å². The van der Waals surface area contributed by atoms with Crippen molar-refractivity contribution in [3.05, 3.63) is 30.2 Å². The Kier molecular flexibility index (Phi) is 6.62. The van der Waals surface area contributed by atoms with E-state index in [1.807, 2.05) is 35.9 Å². The van der Waals surface area contributed by atoms with E-state index in [2.05, 4.69) is 10.3 Å². The molecular formula is C14H20Cl2N4O2. The quantitative estimate of drug-likeness (QED) is 0.889. The number of hydrogen-bond acceptors (Lipinski definition) is 4. The van der Waals surface area contributed by atoms with E-state index in [1.165, 1.54) is 0 Å². The molecule has 2 aromatic rings. The Labute approximate surface area is 141 Å². The lowest BCUT2D eigenvalue weighted by atomic mass is 10.2. The molecule has 1 aliphatic rings. The molecule has 0 saturated carbocycles. The summed E-state index contributed by atoms with van der Waals surface area (Å²) in [6.45, 7) is 2.40. The number of fused-ring (bicyclic) bond motifs is 1. The van der Waals surface area contributed by atoms with Gasteiger partial charge in [0, 0.05) is 18.9 Å². The molecule has 8 heteroatoms. The average molecular weight is 347 g/mol. The van der Waals surface area contributed by atoms with Crippen molar-refractivity contribution in [2.75, 3.05) is 11.9 Å². The number of nitrogens with two attached hydrogens (primary N) is 1. The third kappa shape index (κ3) is 3.89. The second kappa shape index (κ2) is 7.78. The standard InChI is InChI=1S/C14H18N4O2.2ClH/c1-9-7-18-8-10(2-5-13(18)16-9)17-14(19)12-4-3-11(6-15)20-12;;/h2,5,7-8,11-12H,3-4,6,15H2,1H3,(H,17,19);2*1H/t11-,12+;;/m1../s1. The van der Waals surface area contributed by atoms with Gasteiger partial charge in [-0.15, -0.1) is 24.8 Å². The largest absolute Gasteiger partial charge is 0.364 e. The summed E-state index contributed by atoms with van der Waals surface area (Å²) in [5, 5.41) is 2.88. The van der Waals surface area contributed by atoms with E-state index in [-0.39, 0.29) is 36.8 Å². The maximum atomic E-state index is 12.1. The van der Waals surface area contributed by atoms with Gasteiger partial charge in [0.25, 0.3) is 5.91 Å². The van der Waals surface area contributed by atoms with E-state index in [4.69, 9.17) is 10.5 Å². The lowest BCUT2D eigenvalue weighted by molar-refractivity contribution is -0.126. The average Bonchev–Trinajstić information content (AvgIpc) is 3.03. The molecule has 0 bridgehead atoms. The number of hydrogen-bond donors (Lipinski definition) is 2. The van der Waals surface area contributed by atoms with Crippen molar-refractivity contribution in [3.63, 3.8) is 0 Å². The summed E-state index contributed by atoms with van der Waals surface area (Å²) in [4.78, 5) is 16.5. The highest BCUT2D eigenvalue weighted by molar-refractivity contribution is 5.94. The second-order valence-electron chi connectivity index (χ2n) is 5.11. The van der Waals surface area contributed by atoms with Crippen LogP contribution in [0.15, 0.2) is 24.5 Å². The monoisotopic (exact) mass is 346 g/mol. The summed E-state index contributed by atoms with van der Waals surface area (Å²) in [7, 11) is 0. The normalized spacial score (nSPS) is 20.3. The number of halogens is 2. The number of aryl methyl sites for hydroxylation is 1. The smallest absolute Gasteiger partial charge is 0.253 e. The third-order valence-corrected chi connectivity index (χ3v) is 3.50. The van der Waals surface area contributed by atoms with Crippen LogP contribution in [-0.2, 0) is 9.53 Å². The van der Waals surface area contributed by atoms with Crippen molar-refractivity contribution >= 4 is 42.1 Å². The molecule has 3 rings (SSSR count). The van der Waals surface area contributed by atoms with Crippen molar-refractivity contribution in [3.8, 4) is 0 Å². The van der Waals surface area contributed by atoms with E-state index in [9.17, 15) is 4.79 Å². The topological polar surface area (TPSA) is 81.7 Å². The molecule has 1 saturated heterocycles. The molecule has 3 heterocycles. The number of anilines is 1. The van der Waals surface area contributed by atoms with Gasteiger partial charge in [0.1, 0.15) is 11.8 Å².